The van der Waals surface area contributed by atoms with E-state index in [9.17, 15) is 4.79 Å². The number of thiazole rings is 1. The van der Waals surface area contributed by atoms with E-state index in [0.29, 0.717) is 27.3 Å². The highest BCUT2D eigenvalue weighted by Crippen LogP contribution is 2.43. The Morgan fingerprint density at radius 2 is 2.06 bits per heavy atom. The summed E-state index contributed by atoms with van der Waals surface area (Å²) in [4.78, 5) is 24.0. The van der Waals surface area contributed by atoms with Crippen molar-refractivity contribution < 1.29 is 9.90 Å². The van der Waals surface area contributed by atoms with Crippen LogP contribution in [0.3, 0.4) is 0 Å². The molecule has 0 aliphatic heterocycles. The Morgan fingerprint density at radius 3 is 2.65 bits per heavy atom. The van der Waals surface area contributed by atoms with Crippen LogP contribution < -0.4 is 0 Å². The van der Waals surface area contributed by atoms with Crippen LogP contribution in [0.2, 0.25) is 0 Å². The Kier molecular flexibility index (Phi) is 2.36. The lowest BCUT2D eigenvalue weighted by molar-refractivity contribution is 0.0700. The number of aromatic carboxylic acids is 1. The largest absolute Gasteiger partial charge is 0.477 e. The van der Waals surface area contributed by atoms with Gasteiger partial charge in [0.1, 0.15) is 4.88 Å². The molecule has 0 saturated heterocycles. The molecule has 1 N–H and O–H groups in total. The molecule has 17 heavy (non-hydrogen) atoms. The van der Waals surface area contributed by atoms with Crippen molar-refractivity contribution in [2.45, 2.75) is 18.8 Å². The van der Waals surface area contributed by atoms with E-state index in [1.54, 1.807) is 18.5 Å². The van der Waals surface area contributed by atoms with Crippen molar-refractivity contribution in [1.29, 1.82) is 0 Å². The summed E-state index contributed by atoms with van der Waals surface area (Å²) in [5, 5.41) is 9.72. The average molecular weight is 247 g/mol. The summed E-state index contributed by atoms with van der Waals surface area (Å²) in [5.41, 5.74) is 0.699. The lowest BCUT2D eigenvalue weighted by Gasteiger charge is -1.92. The first-order chi connectivity index (χ1) is 8.25. The minimum atomic E-state index is -0.911. The third kappa shape index (κ3) is 1.91. The van der Waals surface area contributed by atoms with E-state index < -0.39 is 5.97 Å². The molecule has 5 nitrogen and oxygen atoms in total. The van der Waals surface area contributed by atoms with Crippen LogP contribution in [-0.4, -0.2) is 26.0 Å². The topological polar surface area (TPSA) is 76.0 Å². The normalized spacial score (nSPS) is 14.8. The van der Waals surface area contributed by atoms with Crippen molar-refractivity contribution >= 4 is 17.3 Å². The highest BCUT2D eigenvalue weighted by Gasteiger charge is 2.32. The van der Waals surface area contributed by atoms with Crippen LogP contribution in [0.4, 0.5) is 0 Å². The molecule has 2 aromatic rings. The summed E-state index contributed by atoms with van der Waals surface area (Å²) in [7, 11) is 0. The van der Waals surface area contributed by atoms with Crippen LogP contribution in [0.15, 0.2) is 18.5 Å². The van der Waals surface area contributed by atoms with Crippen molar-refractivity contribution in [3.05, 3.63) is 29.0 Å². The van der Waals surface area contributed by atoms with Crippen LogP contribution in [0, 0.1) is 0 Å². The molecule has 6 heteroatoms. The molecule has 0 radical (unpaired) electrons. The first-order valence-electron chi connectivity index (χ1n) is 5.27. The third-order valence-corrected chi connectivity index (χ3v) is 3.62. The Bertz CT molecular complexity index is 563. The van der Waals surface area contributed by atoms with Crippen LogP contribution in [-0.2, 0) is 0 Å². The molecule has 0 amide bonds. The Balaban J connectivity index is 2.07. The molecule has 1 saturated carbocycles. The minimum Gasteiger partial charge on any atom is -0.477 e. The van der Waals surface area contributed by atoms with Crippen molar-refractivity contribution in [3.8, 4) is 10.8 Å². The lowest BCUT2D eigenvalue weighted by atomic mass is 10.2. The molecule has 0 unspecified atom stereocenters. The van der Waals surface area contributed by atoms with Gasteiger partial charge in [0.2, 0.25) is 0 Å². The van der Waals surface area contributed by atoms with Gasteiger partial charge < -0.3 is 5.11 Å². The van der Waals surface area contributed by atoms with Gasteiger partial charge in [0, 0.05) is 18.3 Å². The second-order valence-corrected chi connectivity index (χ2v) is 4.88. The molecule has 1 fully saturated rings. The highest BCUT2D eigenvalue weighted by atomic mass is 32.1. The summed E-state index contributed by atoms with van der Waals surface area (Å²) < 4.78 is 0. The highest BCUT2D eigenvalue weighted by molar-refractivity contribution is 7.16. The number of aromatic nitrogens is 3. The van der Waals surface area contributed by atoms with Crippen LogP contribution in [0.1, 0.15) is 34.1 Å². The summed E-state index contributed by atoms with van der Waals surface area (Å²) in [6, 6.07) is 1.72. The van der Waals surface area contributed by atoms with Crippen molar-refractivity contribution in [2.24, 2.45) is 0 Å². The zero-order valence-electron chi connectivity index (χ0n) is 8.83. The number of hydrogen-bond donors (Lipinski definition) is 1. The number of rotatable bonds is 3. The Morgan fingerprint density at radius 1 is 1.35 bits per heavy atom. The molecular weight excluding hydrogens is 238 g/mol. The summed E-state index contributed by atoms with van der Waals surface area (Å²) in [6.07, 6.45) is 5.31. The first kappa shape index (κ1) is 10.3. The average Bonchev–Trinajstić information content (AvgIpc) is 3.09. The number of carboxylic acids is 1. The lowest BCUT2D eigenvalue weighted by Crippen LogP contribution is -1.97. The van der Waals surface area contributed by atoms with E-state index in [1.165, 1.54) is 0 Å². The fraction of sp³-hybridized carbons (Fsp3) is 0.273. The molecule has 0 bridgehead atoms. The smallest absolute Gasteiger partial charge is 0.347 e. The van der Waals surface area contributed by atoms with Gasteiger partial charge in [-0.2, -0.15) is 0 Å². The predicted octanol–water partition coefficient (Wildman–Crippen LogP) is 2.18. The van der Waals surface area contributed by atoms with Gasteiger partial charge in [-0.3, -0.25) is 0 Å². The zero-order chi connectivity index (χ0) is 11.8. The van der Waals surface area contributed by atoms with Gasteiger partial charge in [0.25, 0.3) is 0 Å². The van der Waals surface area contributed by atoms with Gasteiger partial charge in [-0.05, 0) is 18.9 Å². The van der Waals surface area contributed by atoms with Gasteiger partial charge >= 0.3 is 5.97 Å². The molecule has 1 aliphatic rings. The van der Waals surface area contributed by atoms with Crippen molar-refractivity contribution in [2.75, 3.05) is 0 Å². The fourth-order valence-electron chi connectivity index (χ4n) is 1.62. The minimum absolute atomic E-state index is 0.315. The monoisotopic (exact) mass is 247 g/mol. The van der Waals surface area contributed by atoms with Gasteiger partial charge in [0.15, 0.2) is 10.8 Å². The van der Waals surface area contributed by atoms with E-state index in [-0.39, 0.29) is 0 Å². The second-order valence-electron chi connectivity index (χ2n) is 3.89. The molecule has 1 aliphatic carbocycles. The summed E-state index contributed by atoms with van der Waals surface area (Å²) >= 11 is 1.15. The van der Waals surface area contributed by atoms with Crippen LogP contribution >= 0.6 is 11.3 Å². The quantitative estimate of drug-likeness (QED) is 0.899. The zero-order valence-corrected chi connectivity index (χ0v) is 9.65. The Labute approximate surface area is 101 Å². The van der Waals surface area contributed by atoms with Crippen LogP contribution in [0.25, 0.3) is 10.8 Å². The van der Waals surface area contributed by atoms with Crippen molar-refractivity contribution in [3.63, 3.8) is 0 Å². The maximum Gasteiger partial charge on any atom is 0.347 e. The molecule has 86 valence electrons. The maximum absolute atomic E-state index is 11.1. The van der Waals surface area contributed by atoms with Gasteiger partial charge in [-0.25, -0.2) is 19.7 Å². The predicted molar refractivity (Wildman–Crippen MR) is 62.1 cm³/mol. The number of nitrogens with zero attached hydrogens (tertiary/aromatic N) is 3. The van der Waals surface area contributed by atoms with E-state index >= 15 is 0 Å². The van der Waals surface area contributed by atoms with Crippen LogP contribution in [0.5, 0.6) is 0 Å². The second kappa shape index (κ2) is 3.89. The molecule has 0 spiro atoms. The van der Waals surface area contributed by atoms with E-state index in [2.05, 4.69) is 15.0 Å². The SMILES string of the molecule is O=C(O)c1sc(-c2ncccn2)nc1C1CC1. The number of hydrogen-bond acceptors (Lipinski definition) is 5. The van der Waals surface area contributed by atoms with Gasteiger partial charge in [0.05, 0.1) is 5.69 Å². The molecular formula is C11H9N3O2S. The standard InChI is InChI=1S/C11H9N3O2S/c15-11(16)8-7(6-2-3-6)14-10(17-8)9-12-4-1-5-13-9/h1,4-6H,2-3H2,(H,15,16). The van der Waals surface area contributed by atoms with E-state index in [1.807, 2.05) is 0 Å². The van der Waals surface area contributed by atoms with Gasteiger partial charge in [-0.1, -0.05) is 0 Å². The molecule has 0 atom stereocenters. The first-order valence-corrected chi connectivity index (χ1v) is 6.09. The Hall–Kier alpha value is -1.82. The van der Waals surface area contributed by atoms with Gasteiger partial charge in [-0.15, -0.1) is 11.3 Å². The number of carbonyl (C=O) groups is 1. The molecule has 2 aromatic heterocycles. The fourth-order valence-corrected chi connectivity index (χ4v) is 2.56. The summed E-state index contributed by atoms with van der Waals surface area (Å²) in [6.45, 7) is 0. The third-order valence-electron chi connectivity index (χ3n) is 2.57. The summed E-state index contributed by atoms with van der Waals surface area (Å²) in [5.74, 6) is -0.103. The molecule has 3 rings (SSSR count). The number of carboxylic acid groups (broad SMARTS) is 1. The van der Waals surface area contributed by atoms with E-state index in [4.69, 9.17) is 5.11 Å². The maximum atomic E-state index is 11.1. The molecule has 2 heterocycles. The van der Waals surface area contributed by atoms with E-state index in [0.717, 1.165) is 24.2 Å². The molecule has 0 aromatic carbocycles. The van der Waals surface area contributed by atoms with Crippen molar-refractivity contribution in [1.82, 2.24) is 15.0 Å².